The molecule has 1 aromatic rings. The highest BCUT2D eigenvalue weighted by molar-refractivity contribution is 14.0. The van der Waals surface area contributed by atoms with Crippen molar-refractivity contribution in [3.8, 4) is 0 Å². The van der Waals surface area contributed by atoms with Gasteiger partial charge in [-0.15, -0.1) is 24.0 Å². The molecular weight excluding hydrogens is 381 g/mol. The van der Waals surface area contributed by atoms with Gasteiger partial charge in [0.1, 0.15) is 0 Å². The lowest BCUT2D eigenvalue weighted by Crippen LogP contribution is -2.42. The van der Waals surface area contributed by atoms with Gasteiger partial charge >= 0.3 is 0 Å². The molecule has 0 atom stereocenters. The molecule has 0 radical (unpaired) electrons. The van der Waals surface area contributed by atoms with Crippen molar-refractivity contribution in [1.82, 2.24) is 20.5 Å². The fourth-order valence-electron chi connectivity index (χ4n) is 1.61. The number of aliphatic imine (C=N–C) groups is 1. The second kappa shape index (κ2) is 11.4. The quantitative estimate of drug-likeness (QED) is 0.274. The Morgan fingerprint density at radius 2 is 1.67 bits per heavy atom. The fourth-order valence-corrected chi connectivity index (χ4v) is 1.61. The van der Waals surface area contributed by atoms with Crippen LogP contribution in [0.3, 0.4) is 0 Å². The SMILES string of the molecule is CN=C(NCCNC(=O)C(C)C)NCCn1cccc1.I. The molecule has 0 unspecified atom stereocenters. The number of aromatic nitrogens is 1. The van der Waals surface area contributed by atoms with E-state index < -0.39 is 0 Å². The Balaban J connectivity index is 0.00000400. The summed E-state index contributed by atoms with van der Waals surface area (Å²) in [5.41, 5.74) is 0. The third kappa shape index (κ3) is 8.59. The molecule has 0 aliphatic heterocycles. The maximum atomic E-state index is 11.4. The molecule has 0 fully saturated rings. The predicted molar refractivity (Wildman–Crippen MR) is 97.1 cm³/mol. The molecule has 0 bridgehead atoms. The van der Waals surface area contributed by atoms with Crippen LogP contribution in [0.2, 0.25) is 0 Å². The first-order valence-corrected chi connectivity index (χ1v) is 6.96. The number of hydrogen-bond acceptors (Lipinski definition) is 2. The number of rotatable bonds is 7. The summed E-state index contributed by atoms with van der Waals surface area (Å²) in [4.78, 5) is 15.5. The number of guanidine groups is 1. The minimum absolute atomic E-state index is 0. The van der Waals surface area contributed by atoms with Gasteiger partial charge in [-0.1, -0.05) is 13.8 Å². The van der Waals surface area contributed by atoms with E-state index in [2.05, 4.69) is 25.5 Å². The van der Waals surface area contributed by atoms with Crippen molar-refractivity contribution >= 4 is 35.8 Å². The van der Waals surface area contributed by atoms with E-state index in [-0.39, 0.29) is 35.8 Å². The summed E-state index contributed by atoms with van der Waals surface area (Å²) in [6.45, 7) is 6.69. The van der Waals surface area contributed by atoms with Gasteiger partial charge in [0.2, 0.25) is 5.91 Å². The van der Waals surface area contributed by atoms with E-state index in [0.29, 0.717) is 13.1 Å². The average molecular weight is 407 g/mol. The van der Waals surface area contributed by atoms with Crippen LogP contribution in [-0.4, -0.2) is 43.1 Å². The largest absolute Gasteiger partial charge is 0.355 e. The monoisotopic (exact) mass is 407 g/mol. The standard InChI is InChI=1S/C14H25N5O.HI/c1-12(2)13(20)16-6-7-17-14(15-3)18-8-11-19-9-4-5-10-19;/h4-5,9-10,12H,6-8,11H2,1-3H3,(H,16,20)(H2,15,17,18);1H. The van der Waals surface area contributed by atoms with E-state index in [1.165, 1.54) is 0 Å². The number of hydrogen-bond donors (Lipinski definition) is 3. The van der Waals surface area contributed by atoms with Crippen LogP contribution in [0.4, 0.5) is 0 Å². The van der Waals surface area contributed by atoms with Gasteiger partial charge in [-0.2, -0.15) is 0 Å². The average Bonchev–Trinajstić information content (AvgIpc) is 2.94. The number of carbonyl (C=O) groups is 1. The van der Waals surface area contributed by atoms with E-state index in [9.17, 15) is 4.79 Å². The van der Waals surface area contributed by atoms with Gasteiger partial charge in [-0.05, 0) is 12.1 Å². The molecule has 0 saturated carbocycles. The van der Waals surface area contributed by atoms with Crippen molar-refractivity contribution in [2.24, 2.45) is 10.9 Å². The first-order valence-electron chi connectivity index (χ1n) is 6.96. The van der Waals surface area contributed by atoms with Gasteiger partial charge in [-0.25, -0.2) is 0 Å². The molecule has 1 rings (SSSR count). The van der Waals surface area contributed by atoms with Gasteiger partial charge < -0.3 is 20.5 Å². The number of amides is 1. The molecular formula is C14H26IN5O. The lowest BCUT2D eigenvalue weighted by atomic mass is 10.2. The Bertz CT molecular complexity index is 417. The Labute approximate surface area is 143 Å². The number of carbonyl (C=O) groups excluding carboxylic acids is 1. The summed E-state index contributed by atoms with van der Waals surface area (Å²) in [6, 6.07) is 4.01. The Kier molecular flexibility index (Phi) is 10.7. The summed E-state index contributed by atoms with van der Waals surface area (Å²) in [6.07, 6.45) is 4.05. The predicted octanol–water partition coefficient (Wildman–Crippen LogP) is 1.04. The van der Waals surface area contributed by atoms with Gasteiger partial charge in [0.25, 0.3) is 0 Å². The van der Waals surface area contributed by atoms with Crippen LogP contribution in [0.1, 0.15) is 13.8 Å². The van der Waals surface area contributed by atoms with Gasteiger partial charge in [-0.3, -0.25) is 9.79 Å². The summed E-state index contributed by atoms with van der Waals surface area (Å²) >= 11 is 0. The van der Waals surface area contributed by atoms with E-state index in [4.69, 9.17) is 0 Å². The number of nitrogens with zero attached hydrogens (tertiary/aromatic N) is 2. The molecule has 0 aliphatic carbocycles. The molecule has 1 heterocycles. The highest BCUT2D eigenvalue weighted by atomic mass is 127. The molecule has 3 N–H and O–H groups in total. The second-order valence-electron chi connectivity index (χ2n) is 4.79. The highest BCUT2D eigenvalue weighted by Gasteiger charge is 2.04. The van der Waals surface area contributed by atoms with Crippen LogP contribution in [0.15, 0.2) is 29.5 Å². The van der Waals surface area contributed by atoms with Crippen molar-refractivity contribution in [3.63, 3.8) is 0 Å². The van der Waals surface area contributed by atoms with Gasteiger partial charge in [0, 0.05) is 51.5 Å². The van der Waals surface area contributed by atoms with Crippen molar-refractivity contribution < 1.29 is 4.79 Å². The van der Waals surface area contributed by atoms with Crippen molar-refractivity contribution in [1.29, 1.82) is 0 Å². The Hall–Kier alpha value is -1.25. The second-order valence-corrected chi connectivity index (χ2v) is 4.79. The molecule has 1 amide bonds. The van der Waals surface area contributed by atoms with E-state index in [0.717, 1.165) is 19.0 Å². The normalized spacial score (nSPS) is 11.0. The molecule has 21 heavy (non-hydrogen) atoms. The minimum atomic E-state index is 0. The van der Waals surface area contributed by atoms with Crippen molar-refractivity contribution in [3.05, 3.63) is 24.5 Å². The molecule has 0 saturated heterocycles. The summed E-state index contributed by atoms with van der Waals surface area (Å²) < 4.78 is 2.10. The molecule has 6 nitrogen and oxygen atoms in total. The lowest BCUT2D eigenvalue weighted by Gasteiger charge is -2.13. The summed E-state index contributed by atoms with van der Waals surface area (Å²) in [7, 11) is 1.73. The van der Waals surface area contributed by atoms with Gasteiger partial charge in [0.05, 0.1) is 0 Å². The third-order valence-corrected chi connectivity index (χ3v) is 2.79. The van der Waals surface area contributed by atoms with E-state index in [1.54, 1.807) is 7.05 Å². The zero-order valence-electron chi connectivity index (χ0n) is 12.9. The number of halogens is 1. The highest BCUT2D eigenvalue weighted by Crippen LogP contribution is 1.89. The zero-order chi connectivity index (χ0) is 14.8. The molecule has 0 spiro atoms. The maximum Gasteiger partial charge on any atom is 0.222 e. The smallest absolute Gasteiger partial charge is 0.222 e. The summed E-state index contributed by atoms with van der Waals surface area (Å²) in [5, 5.41) is 9.23. The van der Waals surface area contributed by atoms with E-state index in [1.807, 2.05) is 38.4 Å². The van der Waals surface area contributed by atoms with Crippen LogP contribution in [0.5, 0.6) is 0 Å². The summed E-state index contributed by atoms with van der Waals surface area (Å²) in [5.74, 6) is 0.840. The topological polar surface area (TPSA) is 70.4 Å². The Morgan fingerprint density at radius 1 is 1.10 bits per heavy atom. The molecule has 7 heteroatoms. The van der Waals surface area contributed by atoms with Crippen molar-refractivity contribution in [2.45, 2.75) is 20.4 Å². The van der Waals surface area contributed by atoms with Crippen molar-refractivity contribution in [2.75, 3.05) is 26.7 Å². The lowest BCUT2D eigenvalue weighted by molar-refractivity contribution is -0.123. The van der Waals surface area contributed by atoms with Crippen LogP contribution in [0, 0.1) is 5.92 Å². The molecule has 120 valence electrons. The molecule has 1 aromatic heterocycles. The number of nitrogens with one attached hydrogen (secondary N) is 3. The van der Waals surface area contributed by atoms with Crippen LogP contribution < -0.4 is 16.0 Å². The fraction of sp³-hybridized carbons (Fsp3) is 0.571. The first kappa shape index (κ1) is 19.8. The van der Waals surface area contributed by atoms with Gasteiger partial charge in [0.15, 0.2) is 5.96 Å². The molecule has 0 aromatic carbocycles. The van der Waals surface area contributed by atoms with Crippen LogP contribution >= 0.6 is 24.0 Å². The maximum absolute atomic E-state index is 11.4. The van der Waals surface area contributed by atoms with Crippen LogP contribution in [-0.2, 0) is 11.3 Å². The molecule has 0 aliphatic rings. The van der Waals surface area contributed by atoms with Crippen LogP contribution in [0.25, 0.3) is 0 Å². The Morgan fingerprint density at radius 3 is 2.24 bits per heavy atom. The first-order chi connectivity index (χ1) is 9.63. The van der Waals surface area contributed by atoms with E-state index >= 15 is 0 Å². The zero-order valence-corrected chi connectivity index (χ0v) is 15.3. The minimum Gasteiger partial charge on any atom is -0.355 e. The third-order valence-electron chi connectivity index (χ3n) is 2.79.